The predicted molar refractivity (Wildman–Crippen MR) is 81.8 cm³/mol. The molecule has 0 bridgehead atoms. The van der Waals surface area contributed by atoms with Crippen LogP contribution in [0.15, 0.2) is 24.3 Å². The van der Waals surface area contributed by atoms with Crippen LogP contribution < -0.4 is 5.32 Å². The number of nitrogens with one attached hydrogen (secondary N) is 1. The maximum absolute atomic E-state index is 13.7. The molecule has 2 rings (SSSR count). The second kappa shape index (κ2) is 7.06. The number of carbonyl (C=O) groups excluding carboxylic acids is 1. The lowest BCUT2D eigenvalue weighted by Gasteiger charge is -2.27. The molecule has 0 radical (unpaired) electrons. The molecule has 1 amide bonds. The Bertz CT molecular complexity index is 888. The second-order valence-electron chi connectivity index (χ2n) is 5.90. The molecule has 1 aromatic carbocycles. The molecule has 1 aromatic heterocycles. The van der Waals surface area contributed by atoms with E-state index in [2.05, 4.69) is 5.10 Å². The summed E-state index contributed by atoms with van der Waals surface area (Å²) in [5, 5.41) is 5.25. The van der Waals surface area contributed by atoms with E-state index >= 15 is 0 Å². The molecule has 1 heterocycles. The van der Waals surface area contributed by atoms with Crippen molar-refractivity contribution in [1.29, 1.82) is 0 Å². The minimum atomic E-state index is -6.63. The van der Waals surface area contributed by atoms with E-state index in [0.717, 1.165) is 10.7 Å². The van der Waals surface area contributed by atoms with Gasteiger partial charge in [0.1, 0.15) is 5.82 Å². The molecule has 2 aromatic rings. The number of rotatable bonds is 5. The van der Waals surface area contributed by atoms with Crippen LogP contribution in [0.25, 0.3) is 0 Å². The predicted octanol–water partition coefficient (Wildman–Crippen LogP) is 4.46. The van der Waals surface area contributed by atoms with Gasteiger partial charge in [0.15, 0.2) is 0 Å². The lowest BCUT2D eigenvalue weighted by Crippen LogP contribution is -2.57. The highest BCUT2D eigenvalue weighted by atomic mass is 19.4. The van der Waals surface area contributed by atoms with E-state index in [1.807, 2.05) is 0 Å². The first-order valence-electron chi connectivity index (χ1n) is 7.61. The molecular weight excluding hydrogens is 402 g/mol. The molecule has 1 N–H and O–H groups in total. The Morgan fingerprint density at radius 3 is 2.18 bits per heavy atom. The van der Waals surface area contributed by atoms with Crippen molar-refractivity contribution in [3.8, 4) is 0 Å². The van der Waals surface area contributed by atoms with Gasteiger partial charge in [-0.3, -0.25) is 9.48 Å². The molecule has 154 valence electrons. The van der Waals surface area contributed by atoms with Crippen LogP contribution in [0, 0.1) is 19.7 Å². The van der Waals surface area contributed by atoms with Gasteiger partial charge in [-0.1, -0.05) is 18.2 Å². The summed E-state index contributed by atoms with van der Waals surface area (Å²) in [6.45, 7) is 2.27. The van der Waals surface area contributed by atoms with Gasteiger partial charge in [-0.25, -0.2) is 4.39 Å². The lowest BCUT2D eigenvalue weighted by molar-refractivity contribution is -0.343. The molecular formula is C16H13F8N3O. The number of nitrogens with zero attached hydrogens (tertiary/aromatic N) is 2. The molecule has 0 aliphatic rings. The summed E-state index contributed by atoms with van der Waals surface area (Å²) in [4.78, 5) is 11.5. The molecule has 28 heavy (non-hydrogen) atoms. The number of aromatic nitrogens is 2. The van der Waals surface area contributed by atoms with Crippen LogP contribution in [0.2, 0.25) is 0 Å². The number of halogens is 8. The van der Waals surface area contributed by atoms with Crippen LogP contribution in [0.4, 0.5) is 40.8 Å². The van der Waals surface area contributed by atoms with Gasteiger partial charge in [0.25, 0.3) is 0 Å². The average molecular weight is 415 g/mol. The van der Waals surface area contributed by atoms with Gasteiger partial charge in [0, 0.05) is 5.56 Å². The van der Waals surface area contributed by atoms with E-state index in [0.29, 0.717) is 0 Å². The minimum absolute atomic E-state index is 0.0415. The molecule has 0 aliphatic carbocycles. The Morgan fingerprint density at radius 1 is 1.07 bits per heavy atom. The van der Waals surface area contributed by atoms with Gasteiger partial charge in [-0.15, -0.1) is 0 Å². The van der Waals surface area contributed by atoms with Crippen molar-refractivity contribution in [2.24, 2.45) is 0 Å². The SMILES string of the molecule is Cc1nn(Cc2ccccc2F)c(C)c1NC(=O)C(F)(F)C(F)(F)C(F)(F)F. The number of hydrogen-bond acceptors (Lipinski definition) is 2. The number of amides is 1. The maximum atomic E-state index is 13.7. The minimum Gasteiger partial charge on any atom is -0.317 e. The highest BCUT2D eigenvalue weighted by Gasteiger charge is 2.76. The lowest BCUT2D eigenvalue weighted by atomic mass is 10.1. The molecule has 12 heteroatoms. The van der Waals surface area contributed by atoms with E-state index < -0.39 is 35.4 Å². The van der Waals surface area contributed by atoms with Gasteiger partial charge < -0.3 is 5.32 Å². The van der Waals surface area contributed by atoms with Crippen molar-refractivity contribution in [1.82, 2.24) is 9.78 Å². The number of hydrogen-bond donors (Lipinski definition) is 1. The number of alkyl halides is 7. The van der Waals surface area contributed by atoms with Crippen molar-refractivity contribution in [2.75, 3.05) is 5.32 Å². The van der Waals surface area contributed by atoms with Crippen LogP contribution in [0.1, 0.15) is 17.0 Å². The van der Waals surface area contributed by atoms with Crippen molar-refractivity contribution < 1.29 is 39.9 Å². The van der Waals surface area contributed by atoms with Gasteiger partial charge in [0.05, 0.1) is 23.6 Å². The van der Waals surface area contributed by atoms with E-state index in [4.69, 9.17) is 0 Å². The van der Waals surface area contributed by atoms with Crippen molar-refractivity contribution >= 4 is 11.6 Å². The molecule has 0 saturated heterocycles. The van der Waals surface area contributed by atoms with Gasteiger partial charge in [0.2, 0.25) is 0 Å². The largest absolute Gasteiger partial charge is 0.460 e. The van der Waals surface area contributed by atoms with Crippen molar-refractivity contribution in [3.63, 3.8) is 0 Å². The molecule has 0 saturated carbocycles. The first-order chi connectivity index (χ1) is 12.7. The highest BCUT2D eigenvalue weighted by Crippen LogP contribution is 2.47. The molecule has 0 atom stereocenters. The molecule has 0 aliphatic heterocycles. The third-order valence-electron chi connectivity index (χ3n) is 3.93. The van der Waals surface area contributed by atoms with E-state index in [1.165, 1.54) is 37.4 Å². The van der Waals surface area contributed by atoms with Gasteiger partial charge in [-0.2, -0.15) is 35.8 Å². The van der Waals surface area contributed by atoms with Crippen molar-refractivity contribution in [3.05, 3.63) is 47.0 Å². The average Bonchev–Trinajstić information content (AvgIpc) is 2.83. The summed E-state index contributed by atoms with van der Waals surface area (Å²) in [6, 6.07) is 5.51. The highest BCUT2D eigenvalue weighted by molar-refractivity contribution is 5.97. The number of aryl methyl sites for hydroxylation is 1. The van der Waals surface area contributed by atoms with Gasteiger partial charge in [-0.05, 0) is 19.9 Å². The van der Waals surface area contributed by atoms with Gasteiger partial charge >= 0.3 is 23.9 Å². The Balaban J connectivity index is 2.31. The Morgan fingerprint density at radius 2 is 1.64 bits per heavy atom. The third kappa shape index (κ3) is 3.67. The quantitative estimate of drug-likeness (QED) is 0.734. The first kappa shape index (κ1) is 21.6. The topological polar surface area (TPSA) is 46.9 Å². The third-order valence-corrected chi connectivity index (χ3v) is 3.93. The molecule has 4 nitrogen and oxygen atoms in total. The fourth-order valence-corrected chi connectivity index (χ4v) is 2.33. The van der Waals surface area contributed by atoms with E-state index in [-0.39, 0.29) is 23.5 Å². The summed E-state index contributed by atoms with van der Waals surface area (Å²) in [7, 11) is 0. The standard InChI is InChI=1S/C16H13F8N3O/c1-8-12(25-13(28)14(18,19)15(20,21)16(22,23)24)9(2)27(26-8)7-10-5-3-4-6-11(10)17/h3-6H,7H2,1-2H3,(H,25,28). The summed E-state index contributed by atoms with van der Waals surface area (Å²) in [5.74, 6) is -16.1. The summed E-state index contributed by atoms with van der Waals surface area (Å²) in [5.41, 5.74) is -0.493. The zero-order valence-corrected chi connectivity index (χ0v) is 14.3. The molecule has 0 unspecified atom stereocenters. The Kier molecular flexibility index (Phi) is 5.46. The second-order valence-corrected chi connectivity index (χ2v) is 5.90. The summed E-state index contributed by atoms with van der Waals surface area (Å²) >= 11 is 0. The first-order valence-corrected chi connectivity index (χ1v) is 7.61. The number of anilines is 1. The van der Waals surface area contributed by atoms with E-state index in [1.54, 1.807) is 0 Å². The smallest absolute Gasteiger partial charge is 0.317 e. The van der Waals surface area contributed by atoms with Crippen molar-refractivity contribution in [2.45, 2.75) is 38.4 Å². The normalized spacial score (nSPS) is 12.9. The zero-order valence-electron chi connectivity index (χ0n) is 14.3. The van der Waals surface area contributed by atoms with Crippen LogP contribution >= 0.6 is 0 Å². The fourth-order valence-electron chi connectivity index (χ4n) is 2.33. The number of carbonyl (C=O) groups is 1. The number of benzene rings is 1. The van der Waals surface area contributed by atoms with Crippen LogP contribution in [-0.2, 0) is 11.3 Å². The maximum Gasteiger partial charge on any atom is 0.460 e. The van der Waals surface area contributed by atoms with Crippen LogP contribution in [0.5, 0.6) is 0 Å². The Hall–Kier alpha value is -2.66. The zero-order chi connectivity index (χ0) is 21.5. The van der Waals surface area contributed by atoms with Crippen LogP contribution in [-0.4, -0.2) is 33.7 Å². The fraction of sp³-hybridized carbons (Fsp3) is 0.375. The van der Waals surface area contributed by atoms with E-state index in [9.17, 15) is 39.9 Å². The summed E-state index contributed by atoms with van der Waals surface area (Å²) in [6.07, 6.45) is -6.63. The molecule has 0 fully saturated rings. The summed E-state index contributed by atoms with van der Waals surface area (Å²) < 4.78 is 104. The molecule has 0 spiro atoms. The van der Waals surface area contributed by atoms with Crippen LogP contribution in [0.3, 0.4) is 0 Å². The Labute approximate surface area is 153 Å². The monoisotopic (exact) mass is 415 g/mol.